The minimum atomic E-state index is -4.98. The lowest BCUT2D eigenvalue weighted by atomic mass is 9.83. The number of Topliss-reactive ketones (excluding diaryl/α,β-unsaturated/α-hetero) is 1. The van der Waals surface area contributed by atoms with E-state index in [-0.39, 0.29) is 17.7 Å². The Hall–Kier alpha value is -1.85. The molecule has 19 heavy (non-hydrogen) atoms. The van der Waals surface area contributed by atoms with Gasteiger partial charge in [0.15, 0.2) is 5.78 Å². The molecule has 0 fully saturated rings. The average Bonchev–Trinajstić information content (AvgIpc) is 2.64. The summed E-state index contributed by atoms with van der Waals surface area (Å²) < 4.78 is 44.3. The second-order valence-corrected chi connectivity index (χ2v) is 4.29. The Morgan fingerprint density at radius 2 is 2.00 bits per heavy atom. The van der Waals surface area contributed by atoms with Gasteiger partial charge in [-0.1, -0.05) is 24.3 Å². The van der Waals surface area contributed by atoms with Gasteiger partial charge in [0.25, 0.3) is 0 Å². The monoisotopic (exact) mass is 272 g/mol. The highest BCUT2D eigenvalue weighted by Gasteiger charge is 2.69. The summed E-state index contributed by atoms with van der Waals surface area (Å²) in [5.41, 5.74) is -2.93. The van der Waals surface area contributed by atoms with Crippen molar-refractivity contribution in [3.05, 3.63) is 35.4 Å². The minimum absolute atomic E-state index is 0.0621. The zero-order valence-corrected chi connectivity index (χ0v) is 10.1. The van der Waals surface area contributed by atoms with Gasteiger partial charge in [0, 0.05) is 12.0 Å². The molecule has 0 aromatic heterocycles. The van der Waals surface area contributed by atoms with Crippen LogP contribution in [-0.2, 0) is 16.0 Å². The van der Waals surface area contributed by atoms with E-state index < -0.39 is 29.8 Å². The van der Waals surface area contributed by atoms with Crippen LogP contribution in [0.3, 0.4) is 0 Å². The molecule has 0 saturated heterocycles. The first kappa shape index (κ1) is 13.6. The van der Waals surface area contributed by atoms with Crippen LogP contribution in [0.4, 0.5) is 13.2 Å². The van der Waals surface area contributed by atoms with Crippen LogP contribution >= 0.6 is 0 Å². The number of benzene rings is 1. The number of fused-ring (bicyclic) bond motifs is 1. The van der Waals surface area contributed by atoms with Gasteiger partial charge in [0.1, 0.15) is 0 Å². The summed E-state index contributed by atoms with van der Waals surface area (Å²) in [6, 6.07) is 5.71. The molecule has 0 aliphatic heterocycles. The molecular formula is C13H11F3O3. The molecule has 1 aromatic rings. The van der Waals surface area contributed by atoms with Crippen LogP contribution in [0.1, 0.15) is 22.8 Å². The largest absolute Gasteiger partial charge is 0.465 e. The normalized spacial score (nSPS) is 22.2. The van der Waals surface area contributed by atoms with E-state index >= 15 is 0 Å². The lowest BCUT2D eigenvalue weighted by molar-refractivity contribution is -0.217. The van der Waals surface area contributed by atoms with Gasteiger partial charge in [-0.3, -0.25) is 9.59 Å². The van der Waals surface area contributed by atoms with Gasteiger partial charge >= 0.3 is 12.1 Å². The number of ketones is 1. The van der Waals surface area contributed by atoms with E-state index in [0.717, 1.165) is 0 Å². The Balaban J connectivity index is 2.56. The number of alkyl halides is 3. The molecule has 0 heterocycles. The number of carbonyl (C=O) groups excluding carboxylic acids is 2. The predicted molar refractivity (Wildman–Crippen MR) is 59.6 cm³/mol. The third-order valence-electron chi connectivity index (χ3n) is 3.21. The van der Waals surface area contributed by atoms with Gasteiger partial charge in [0.2, 0.25) is 5.41 Å². The van der Waals surface area contributed by atoms with E-state index in [9.17, 15) is 22.8 Å². The summed E-state index contributed by atoms with van der Waals surface area (Å²) in [5.74, 6) is -2.75. The molecule has 0 N–H and O–H groups in total. The molecule has 0 radical (unpaired) electrons. The fourth-order valence-electron chi connectivity index (χ4n) is 2.26. The molecule has 0 spiro atoms. The van der Waals surface area contributed by atoms with E-state index in [0.29, 0.717) is 0 Å². The molecule has 1 atom stereocenters. The molecule has 0 saturated carbocycles. The van der Waals surface area contributed by atoms with Crippen LogP contribution in [0.2, 0.25) is 0 Å². The predicted octanol–water partition coefficient (Wildman–Crippen LogP) is 2.54. The molecule has 102 valence electrons. The maximum absolute atomic E-state index is 13.3. The summed E-state index contributed by atoms with van der Waals surface area (Å²) in [6.45, 7) is 1.19. The Labute approximate surface area is 107 Å². The van der Waals surface area contributed by atoms with E-state index in [1.54, 1.807) is 0 Å². The molecule has 0 bridgehead atoms. The van der Waals surface area contributed by atoms with Crippen molar-refractivity contribution in [2.45, 2.75) is 19.5 Å². The summed E-state index contributed by atoms with van der Waals surface area (Å²) in [4.78, 5) is 23.8. The number of esters is 1. The fraction of sp³-hybridized carbons (Fsp3) is 0.385. The summed E-state index contributed by atoms with van der Waals surface area (Å²) in [7, 11) is 0. The molecular weight excluding hydrogens is 261 g/mol. The highest BCUT2D eigenvalue weighted by molar-refractivity contribution is 6.16. The van der Waals surface area contributed by atoms with Crippen molar-refractivity contribution < 1.29 is 27.5 Å². The number of halogens is 3. The Kier molecular flexibility index (Phi) is 3.12. The molecule has 1 aliphatic carbocycles. The van der Waals surface area contributed by atoms with Crippen LogP contribution in [-0.4, -0.2) is 24.5 Å². The molecule has 2 rings (SSSR count). The van der Waals surface area contributed by atoms with E-state index in [1.807, 2.05) is 0 Å². The topological polar surface area (TPSA) is 43.4 Å². The lowest BCUT2D eigenvalue weighted by Crippen LogP contribution is -2.50. The SMILES string of the molecule is CCOC(=O)[C@]1(C(F)(F)F)Cc2ccccc2C1=O. The van der Waals surface area contributed by atoms with Crippen LogP contribution in [0, 0.1) is 5.41 Å². The first-order chi connectivity index (χ1) is 8.84. The number of hydrogen-bond acceptors (Lipinski definition) is 3. The first-order valence-electron chi connectivity index (χ1n) is 5.71. The van der Waals surface area contributed by atoms with Gasteiger partial charge in [0.05, 0.1) is 6.61 Å². The Morgan fingerprint density at radius 1 is 1.37 bits per heavy atom. The maximum Gasteiger partial charge on any atom is 0.412 e. The fourth-order valence-corrected chi connectivity index (χ4v) is 2.26. The van der Waals surface area contributed by atoms with Gasteiger partial charge in [-0.2, -0.15) is 13.2 Å². The highest BCUT2D eigenvalue weighted by atomic mass is 19.4. The van der Waals surface area contributed by atoms with Crippen molar-refractivity contribution in [2.75, 3.05) is 6.61 Å². The van der Waals surface area contributed by atoms with Crippen LogP contribution in [0.5, 0.6) is 0 Å². The number of ether oxygens (including phenoxy) is 1. The highest BCUT2D eigenvalue weighted by Crippen LogP contribution is 2.49. The van der Waals surface area contributed by atoms with E-state index in [4.69, 9.17) is 0 Å². The van der Waals surface area contributed by atoms with Crippen molar-refractivity contribution in [2.24, 2.45) is 5.41 Å². The number of hydrogen-bond donors (Lipinski definition) is 0. The van der Waals surface area contributed by atoms with Crippen molar-refractivity contribution >= 4 is 11.8 Å². The second-order valence-electron chi connectivity index (χ2n) is 4.29. The Bertz CT molecular complexity index is 536. The van der Waals surface area contributed by atoms with Gasteiger partial charge in [-0.05, 0) is 12.5 Å². The van der Waals surface area contributed by atoms with Crippen molar-refractivity contribution in [3.63, 3.8) is 0 Å². The zero-order valence-electron chi connectivity index (χ0n) is 10.1. The van der Waals surface area contributed by atoms with Gasteiger partial charge in [-0.25, -0.2) is 0 Å². The summed E-state index contributed by atoms with van der Waals surface area (Å²) in [6.07, 6.45) is -5.67. The molecule has 1 aromatic carbocycles. The standard InChI is InChI=1S/C13H11F3O3/c1-2-19-11(18)12(13(14,15)16)7-8-5-3-4-6-9(8)10(12)17/h3-6H,2,7H2,1H3/t12-/m0/s1. The smallest absolute Gasteiger partial charge is 0.412 e. The Morgan fingerprint density at radius 3 is 2.53 bits per heavy atom. The number of carbonyl (C=O) groups is 2. The third kappa shape index (κ3) is 1.82. The molecule has 0 amide bonds. The van der Waals surface area contributed by atoms with Crippen molar-refractivity contribution in [1.82, 2.24) is 0 Å². The maximum atomic E-state index is 13.3. The van der Waals surface area contributed by atoms with Gasteiger partial charge in [-0.15, -0.1) is 0 Å². The van der Waals surface area contributed by atoms with E-state index in [2.05, 4.69) is 4.74 Å². The quantitative estimate of drug-likeness (QED) is 0.614. The zero-order chi connectivity index (χ0) is 14.3. The van der Waals surface area contributed by atoms with Crippen molar-refractivity contribution in [1.29, 1.82) is 0 Å². The van der Waals surface area contributed by atoms with E-state index in [1.165, 1.54) is 31.2 Å². The number of rotatable bonds is 2. The molecule has 0 unspecified atom stereocenters. The molecule has 3 nitrogen and oxygen atoms in total. The average molecular weight is 272 g/mol. The summed E-state index contributed by atoms with van der Waals surface area (Å²) in [5, 5.41) is 0. The second kappa shape index (κ2) is 4.36. The third-order valence-corrected chi connectivity index (χ3v) is 3.21. The van der Waals surface area contributed by atoms with Crippen LogP contribution in [0.25, 0.3) is 0 Å². The lowest BCUT2D eigenvalue weighted by Gasteiger charge is -2.27. The molecule has 6 heteroatoms. The van der Waals surface area contributed by atoms with Crippen molar-refractivity contribution in [3.8, 4) is 0 Å². The van der Waals surface area contributed by atoms with Gasteiger partial charge < -0.3 is 4.74 Å². The van der Waals surface area contributed by atoms with Crippen LogP contribution in [0.15, 0.2) is 24.3 Å². The van der Waals surface area contributed by atoms with Crippen LogP contribution < -0.4 is 0 Å². The minimum Gasteiger partial charge on any atom is -0.465 e. The summed E-state index contributed by atoms with van der Waals surface area (Å²) >= 11 is 0. The first-order valence-corrected chi connectivity index (χ1v) is 5.71. The molecule has 1 aliphatic rings.